The van der Waals surface area contributed by atoms with Crippen LogP contribution in [0.2, 0.25) is 0 Å². The number of nitrogens with one attached hydrogen (secondary N) is 1. The van der Waals surface area contributed by atoms with E-state index in [0.29, 0.717) is 24.4 Å². The second-order valence-electron chi connectivity index (χ2n) is 5.15. The van der Waals surface area contributed by atoms with E-state index in [1.165, 1.54) is 6.07 Å². The molecule has 1 N–H and O–H groups in total. The summed E-state index contributed by atoms with van der Waals surface area (Å²) in [4.78, 5) is 11.4. The predicted octanol–water partition coefficient (Wildman–Crippen LogP) is 2.33. The highest BCUT2D eigenvalue weighted by molar-refractivity contribution is 5.80. The van der Waals surface area contributed by atoms with Crippen molar-refractivity contribution in [3.8, 4) is 11.5 Å². The van der Waals surface area contributed by atoms with Crippen molar-refractivity contribution in [1.29, 1.82) is 0 Å². The van der Waals surface area contributed by atoms with Crippen molar-refractivity contribution < 1.29 is 13.6 Å². The summed E-state index contributed by atoms with van der Waals surface area (Å²) in [7, 11) is 0. The minimum absolute atomic E-state index is 0.132. The number of nitrogens with zero attached hydrogens (tertiary/aromatic N) is 2. The Morgan fingerprint density at radius 1 is 1.33 bits per heavy atom. The van der Waals surface area contributed by atoms with Gasteiger partial charge in [-0.25, -0.2) is 4.39 Å². The molecule has 0 spiro atoms. The smallest absolute Gasteiger partial charge is 0.250 e. The predicted molar refractivity (Wildman–Crippen MR) is 73.7 cm³/mol. The van der Waals surface area contributed by atoms with Gasteiger partial charge in [-0.1, -0.05) is 12.1 Å². The molecular formula is C15H16FN3O2. The zero-order valence-corrected chi connectivity index (χ0v) is 11.5. The third-order valence-corrected chi connectivity index (χ3v) is 3.39. The molecule has 0 bridgehead atoms. The van der Waals surface area contributed by atoms with Crippen molar-refractivity contribution >= 4 is 5.91 Å². The number of hydrogen-bond donors (Lipinski definition) is 1. The number of carbonyl (C=O) groups is 1. The Labute approximate surface area is 121 Å². The van der Waals surface area contributed by atoms with Gasteiger partial charge in [-0.05, 0) is 31.4 Å². The van der Waals surface area contributed by atoms with E-state index in [0.717, 1.165) is 19.3 Å². The van der Waals surface area contributed by atoms with Gasteiger partial charge < -0.3 is 9.73 Å². The normalized spacial score (nSPS) is 14.1. The van der Waals surface area contributed by atoms with Crippen LogP contribution in [0.5, 0.6) is 0 Å². The van der Waals surface area contributed by atoms with E-state index in [1.54, 1.807) is 18.2 Å². The molecule has 0 saturated heterocycles. The minimum atomic E-state index is -0.385. The highest BCUT2D eigenvalue weighted by Crippen LogP contribution is 2.28. The van der Waals surface area contributed by atoms with Crippen LogP contribution in [0, 0.1) is 11.7 Å². The quantitative estimate of drug-likeness (QED) is 0.829. The summed E-state index contributed by atoms with van der Waals surface area (Å²) in [6, 6.07) is 6.28. The number of amides is 1. The molecule has 1 aromatic heterocycles. The Balaban J connectivity index is 1.51. The Kier molecular flexibility index (Phi) is 3.94. The number of benzene rings is 1. The fourth-order valence-electron chi connectivity index (χ4n) is 2.04. The van der Waals surface area contributed by atoms with E-state index >= 15 is 0 Å². The molecule has 1 aliphatic carbocycles. The van der Waals surface area contributed by atoms with Crippen LogP contribution in [-0.4, -0.2) is 22.6 Å². The third-order valence-electron chi connectivity index (χ3n) is 3.39. The topological polar surface area (TPSA) is 68.0 Å². The Morgan fingerprint density at radius 3 is 2.90 bits per heavy atom. The molecule has 1 aliphatic rings. The van der Waals surface area contributed by atoms with Gasteiger partial charge in [-0.2, -0.15) is 0 Å². The third kappa shape index (κ3) is 3.45. The molecule has 0 atom stereocenters. The van der Waals surface area contributed by atoms with Crippen molar-refractivity contribution in [3.63, 3.8) is 0 Å². The molecule has 1 fully saturated rings. The van der Waals surface area contributed by atoms with Gasteiger partial charge in [0, 0.05) is 18.9 Å². The van der Waals surface area contributed by atoms with Gasteiger partial charge >= 0.3 is 0 Å². The van der Waals surface area contributed by atoms with Gasteiger partial charge in [-0.15, -0.1) is 10.2 Å². The van der Waals surface area contributed by atoms with E-state index < -0.39 is 0 Å². The van der Waals surface area contributed by atoms with Gasteiger partial charge in [0.2, 0.25) is 11.8 Å². The Hall–Kier alpha value is -2.24. The van der Waals surface area contributed by atoms with Gasteiger partial charge in [0.25, 0.3) is 5.89 Å². The highest BCUT2D eigenvalue weighted by Gasteiger charge is 2.28. The SMILES string of the molecule is O=C(NCCCc1nnc(-c2ccccc2F)o1)C1CC1. The molecule has 2 aromatic rings. The summed E-state index contributed by atoms with van der Waals surface area (Å²) in [5, 5.41) is 10.6. The van der Waals surface area contributed by atoms with Crippen LogP contribution in [0.1, 0.15) is 25.2 Å². The second-order valence-corrected chi connectivity index (χ2v) is 5.15. The van der Waals surface area contributed by atoms with E-state index in [4.69, 9.17) is 4.42 Å². The number of aryl methyl sites for hydroxylation is 1. The fourth-order valence-corrected chi connectivity index (χ4v) is 2.04. The first-order valence-electron chi connectivity index (χ1n) is 7.09. The second kappa shape index (κ2) is 6.03. The molecule has 0 radical (unpaired) electrons. The molecule has 0 aliphatic heterocycles. The number of rotatable bonds is 6. The molecule has 21 heavy (non-hydrogen) atoms. The molecule has 0 unspecified atom stereocenters. The molecule has 1 amide bonds. The van der Waals surface area contributed by atoms with Crippen LogP contribution in [0.3, 0.4) is 0 Å². The van der Waals surface area contributed by atoms with Crippen molar-refractivity contribution in [1.82, 2.24) is 15.5 Å². The summed E-state index contributed by atoms with van der Waals surface area (Å²) in [5.41, 5.74) is 0.304. The molecule has 5 nitrogen and oxygen atoms in total. The molecule has 6 heteroatoms. The minimum Gasteiger partial charge on any atom is -0.421 e. The maximum absolute atomic E-state index is 13.6. The molecule has 110 valence electrons. The lowest BCUT2D eigenvalue weighted by Gasteiger charge is -2.01. The molecule has 1 saturated carbocycles. The van der Waals surface area contributed by atoms with E-state index in [2.05, 4.69) is 15.5 Å². The van der Waals surface area contributed by atoms with E-state index in [9.17, 15) is 9.18 Å². The summed E-state index contributed by atoms with van der Waals surface area (Å²) < 4.78 is 19.0. The summed E-state index contributed by atoms with van der Waals surface area (Å²) in [5.74, 6) is 0.608. The van der Waals surface area contributed by atoms with Crippen molar-refractivity contribution in [2.75, 3.05) is 6.54 Å². The average molecular weight is 289 g/mol. The first-order valence-corrected chi connectivity index (χ1v) is 7.09. The lowest BCUT2D eigenvalue weighted by molar-refractivity contribution is -0.122. The zero-order chi connectivity index (χ0) is 14.7. The first kappa shape index (κ1) is 13.7. The van der Waals surface area contributed by atoms with Gasteiger partial charge in [0.05, 0.1) is 5.56 Å². The zero-order valence-electron chi connectivity index (χ0n) is 11.5. The van der Waals surface area contributed by atoms with Gasteiger partial charge in [-0.3, -0.25) is 4.79 Å². The fraction of sp³-hybridized carbons (Fsp3) is 0.400. The van der Waals surface area contributed by atoms with Crippen molar-refractivity contribution in [2.45, 2.75) is 25.7 Å². The van der Waals surface area contributed by atoms with Crippen LogP contribution in [0.15, 0.2) is 28.7 Å². The van der Waals surface area contributed by atoms with Crippen molar-refractivity contribution in [3.05, 3.63) is 36.0 Å². The standard InChI is InChI=1S/C15H16FN3O2/c16-12-5-2-1-4-11(12)15-19-18-13(21-15)6-3-9-17-14(20)10-7-8-10/h1-2,4-5,10H,3,6-9H2,(H,17,20). The number of carbonyl (C=O) groups excluding carboxylic acids is 1. The maximum Gasteiger partial charge on any atom is 0.250 e. The Morgan fingerprint density at radius 2 is 2.14 bits per heavy atom. The summed E-state index contributed by atoms with van der Waals surface area (Å²) >= 11 is 0. The average Bonchev–Trinajstić information content (AvgIpc) is 3.24. The molecule has 3 rings (SSSR count). The van der Waals surface area contributed by atoms with Crippen molar-refractivity contribution in [2.24, 2.45) is 5.92 Å². The van der Waals surface area contributed by atoms with Crippen LogP contribution < -0.4 is 5.32 Å². The van der Waals surface area contributed by atoms with Crippen LogP contribution >= 0.6 is 0 Å². The number of aromatic nitrogens is 2. The van der Waals surface area contributed by atoms with E-state index in [-0.39, 0.29) is 23.5 Å². The van der Waals surface area contributed by atoms with Crippen LogP contribution in [0.4, 0.5) is 4.39 Å². The largest absolute Gasteiger partial charge is 0.421 e. The monoisotopic (exact) mass is 289 g/mol. The van der Waals surface area contributed by atoms with Crippen LogP contribution in [-0.2, 0) is 11.2 Å². The maximum atomic E-state index is 13.6. The van der Waals surface area contributed by atoms with Gasteiger partial charge in [0.15, 0.2) is 0 Å². The lowest BCUT2D eigenvalue weighted by atomic mass is 10.2. The number of halogens is 1. The number of hydrogen-bond acceptors (Lipinski definition) is 4. The Bertz CT molecular complexity index is 637. The van der Waals surface area contributed by atoms with Crippen LogP contribution in [0.25, 0.3) is 11.5 Å². The molecular weight excluding hydrogens is 273 g/mol. The lowest BCUT2D eigenvalue weighted by Crippen LogP contribution is -2.26. The summed E-state index contributed by atoms with van der Waals surface area (Å²) in [6.07, 6.45) is 3.28. The first-order chi connectivity index (χ1) is 10.2. The van der Waals surface area contributed by atoms with Gasteiger partial charge in [0.1, 0.15) is 5.82 Å². The molecule has 1 aromatic carbocycles. The van der Waals surface area contributed by atoms with E-state index in [1.807, 2.05) is 0 Å². The summed E-state index contributed by atoms with van der Waals surface area (Å²) in [6.45, 7) is 0.590. The highest BCUT2D eigenvalue weighted by atomic mass is 19.1. The molecule has 1 heterocycles.